The lowest BCUT2D eigenvalue weighted by molar-refractivity contribution is 0.102. The molecule has 0 saturated carbocycles. The van der Waals surface area contributed by atoms with Gasteiger partial charge in [-0.1, -0.05) is 22.7 Å². The molecular formula is C8H8N4O2S2. The number of aromatic amines is 1. The molecule has 0 radical (unpaired) electrons. The highest BCUT2D eigenvalue weighted by Gasteiger charge is 2.14. The number of anilines is 1. The van der Waals surface area contributed by atoms with Crippen molar-refractivity contribution in [2.24, 2.45) is 0 Å². The monoisotopic (exact) mass is 256 g/mol. The number of amides is 1. The fourth-order valence-electron chi connectivity index (χ4n) is 1.12. The first-order chi connectivity index (χ1) is 7.56. The smallest absolute Gasteiger partial charge is 0.305 e. The minimum absolute atomic E-state index is 0.240. The summed E-state index contributed by atoms with van der Waals surface area (Å²) in [6.07, 6.45) is 0. The van der Waals surface area contributed by atoms with E-state index >= 15 is 0 Å². The molecule has 2 aromatic rings. The lowest BCUT2D eigenvalue weighted by Crippen LogP contribution is -2.11. The van der Waals surface area contributed by atoms with E-state index in [0.29, 0.717) is 15.7 Å². The van der Waals surface area contributed by atoms with Crippen molar-refractivity contribution in [3.8, 4) is 0 Å². The number of hydrogen-bond acceptors (Lipinski definition) is 6. The standard InChI is InChI=1S/C8H8N4O2S2/c1-3-5(16-8(14)9-3)6(13)10-7-12-11-4(2)15-7/h1-2H3,(H,9,14)(H,10,12,13). The third kappa shape index (κ3) is 2.17. The number of aryl methyl sites for hydroxylation is 2. The van der Waals surface area contributed by atoms with Crippen LogP contribution in [-0.2, 0) is 0 Å². The van der Waals surface area contributed by atoms with Crippen LogP contribution in [0.15, 0.2) is 4.79 Å². The first-order valence-corrected chi connectivity index (χ1v) is 6.00. The van der Waals surface area contributed by atoms with Gasteiger partial charge in [-0.15, -0.1) is 10.2 Å². The van der Waals surface area contributed by atoms with Gasteiger partial charge in [-0.3, -0.25) is 14.9 Å². The first kappa shape index (κ1) is 11.0. The van der Waals surface area contributed by atoms with Gasteiger partial charge in [0.1, 0.15) is 9.88 Å². The topological polar surface area (TPSA) is 87.7 Å². The summed E-state index contributed by atoms with van der Waals surface area (Å²) >= 11 is 2.17. The van der Waals surface area contributed by atoms with E-state index in [4.69, 9.17) is 0 Å². The fraction of sp³-hybridized carbons (Fsp3) is 0.250. The summed E-state index contributed by atoms with van der Waals surface area (Å²) in [6, 6.07) is 0. The summed E-state index contributed by atoms with van der Waals surface area (Å²) in [7, 11) is 0. The third-order valence-corrected chi connectivity index (χ3v) is 3.51. The van der Waals surface area contributed by atoms with E-state index in [2.05, 4.69) is 20.5 Å². The van der Waals surface area contributed by atoms with Crippen LogP contribution in [0.3, 0.4) is 0 Å². The number of carbonyl (C=O) groups is 1. The first-order valence-electron chi connectivity index (χ1n) is 4.37. The molecule has 0 atom stereocenters. The molecule has 2 rings (SSSR count). The highest BCUT2D eigenvalue weighted by Crippen LogP contribution is 2.16. The van der Waals surface area contributed by atoms with Gasteiger partial charge in [-0.25, -0.2) is 0 Å². The molecule has 6 nitrogen and oxygen atoms in total. The average Bonchev–Trinajstić information content (AvgIpc) is 2.73. The maximum atomic E-state index is 11.7. The van der Waals surface area contributed by atoms with Crippen LogP contribution < -0.4 is 10.2 Å². The molecule has 0 unspecified atom stereocenters. The number of H-pyrrole nitrogens is 1. The Morgan fingerprint density at radius 3 is 2.56 bits per heavy atom. The van der Waals surface area contributed by atoms with Gasteiger partial charge in [0.05, 0.1) is 0 Å². The molecule has 0 aliphatic heterocycles. The molecule has 2 aromatic heterocycles. The molecule has 0 aliphatic carbocycles. The molecule has 0 fully saturated rings. The molecule has 2 N–H and O–H groups in total. The predicted octanol–water partition coefficient (Wildman–Crippen LogP) is 1.16. The normalized spacial score (nSPS) is 10.4. The van der Waals surface area contributed by atoms with Crippen LogP contribution in [0.4, 0.5) is 5.13 Å². The van der Waals surface area contributed by atoms with Gasteiger partial charge in [-0.05, 0) is 13.8 Å². The largest absolute Gasteiger partial charge is 0.316 e. The van der Waals surface area contributed by atoms with Crippen molar-refractivity contribution in [1.29, 1.82) is 0 Å². The molecule has 0 bridgehead atoms. The van der Waals surface area contributed by atoms with E-state index < -0.39 is 0 Å². The van der Waals surface area contributed by atoms with Gasteiger partial charge in [0.25, 0.3) is 5.91 Å². The third-order valence-electron chi connectivity index (χ3n) is 1.78. The van der Waals surface area contributed by atoms with E-state index in [9.17, 15) is 9.59 Å². The van der Waals surface area contributed by atoms with Crippen molar-refractivity contribution in [1.82, 2.24) is 15.2 Å². The number of rotatable bonds is 2. The van der Waals surface area contributed by atoms with Crippen LogP contribution in [0, 0.1) is 13.8 Å². The van der Waals surface area contributed by atoms with Crippen LogP contribution in [0.1, 0.15) is 20.4 Å². The number of nitrogens with zero attached hydrogens (tertiary/aromatic N) is 2. The summed E-state index contributed by atoms with van der Waals surface area (Å²) in [6.45, 7) is 3.48. The summed E-state index contributed by atoms with van der Waals surface area (Å²) in [5.41, 5.74) is 0.564. The Balaban J connectivity index is 2.20. The number of carbonyl (C=O) groups excluding carboxylic acids is 1. The van der Waals surface area contributed by atoms with Crippen molar-refractivity contribution in [2.75, 3.05) is 5.32 Å². The molecule has 2 heterocycles. The molecule has 0 saturated heterocycles. The van der Waals surface area contributed by atoms with Crippen molar-refractivity contribution in [2.45, 2.75) is 13.8 Å². The molecule has 84 valence electrons. The Bertz CT molecular complexity index is 583. The van der Waals surface area contributed by atoms with Gasteiger partial charge in [-0.2, -0.15) is 0 Å². The fourth-order valence-corrected chi connectivity index (χ4v) is 2.45. The van der Waals surface area contributed by atoms with E-state index in [1.54, 1.807) is 13.8 Å². The Morgan fingerprint density at radius 1 is 1.31 bits per heavy atom. The minimum atomic E-state index is -0.336. The van der Waals surface area contributed by atoms with Gasteiger partial charge >= 0.3 is 4.87 Å². The second-order valence-corrected chi connectivity index (χ2v) is 5.21. The van der Waals surface area contributed by atoms with Gasteiger partial charge < -0.3 is 4.98 Å². The predicted molar refractivity (Wildman–Crippen MR) is 62.3 cm³/mol. The zero-order valence-corrected chi connectivity index (χ0v) is 10.2. The average molecular weight is 256 g/mol. The Kier molecular flexibility index (Phi) is 2.84. The van der Waals surface area contributed by atoms with Crippen molar-refractivity contribution >= 4 is 33.7 Å². The Hall–Kier alpha value is -1.54. The Morgan fingerprint density at radius 2 is 2.06 bits per heavy atom. The van der Waals surface area contributed by atoms with Crippen molar-refractivity contribution in [3.05, 3.63) is 25.2 Å². The number of thiazole rings is 1. The molecule has 8 heteroatoms. The van der Waals surface area contributed by atoms with Crippen LogP contribution in [0.25, 0.3) is 0 Å². The zero-order valence-electron chi connectivity index (χ0n) is 8.53. The quantitative estimate of drug-likeness (QED) is 0.844. The lowest BCUT2D eigenvalue weighted by atomic mass is 10.4. The maximum absolute atomic E-state index is 11.7. The highest BCUT2D eigenvalue weighted by molar-refractivity contribution is 7.15. The molecule has 0 spiro atoms. The van der Waals surface area contributed by atoms with Crippen molar-refractivity contribution < 1.29 is 4.79 Å². The summed E-state index contributed by atoms with van der Waals surface area (Å²) in [5.74, 6) is -0.336. The number of aromatic nitrogens is 3. The SMILES string of the molecule is Cc1nnc(NC(=O)c2sc(=O)[nH]c2C)s1. The zero-order chi connectivity index (χ0) is 11.7. The second kappa shape index (κ2) is 4.14. The molecule has 0 aliphatic rings. The molecule has 0 aromatic carbocycles. The van der Waals surface area contributed by atoms with Gasteiger partial charge in [0.2, 0.25) is 5.13 Å². The molecule has 16 heavy (non-hydrogen) atoms. The summed E-state index contributed by atoms with van der Waals surface area (Å²) < 4.78 is 0. The summed E-state index contributed by atoms with van der Waals surface area (Å²) in [4.78, 5) is 25.4. The van der Waals surface area contributed by atoms with Crippen LogP contribution in [-0.4, -0.2) is 21.1 Å². The number of nitrogens with one attached hydrogen (secondary N) is 2. The molecule has 1 amide bonds. The minimum Gasteiger partial charge on any atom is -0.316 e. The van der Waals surface area contributed by atoms with E-state index in [0.717, 1.165) is 16.3 Å². The highest BCUT2D eigenvalue weighted by atomic mass is 32.1. The second-order valence-electron chi connectivity index (χ2n) is 3.05. The van der Waals surface area contributed by atoms with Crippen LogP contribution >= 0.6 is 22.7 Å². The van der Waals surface area contributed by atoms with E-state index in [1.807, 2.05) is 0 Å². The van der Waals surface area contributed by atoms with E-state index in [1.165, 1.54) is 11.3 Å². The maximum Gasteiger partial charge on any atom is 0.305 e. The number of hydrogen-bond donors (Lipinski definition) is 2. The van der Waals surface area contributed by atoms with Gasteiger partial charge in [0, 0.05) is 5.69 Å². The van der Waals surface area contributed by atoms with Crippen molar-refractivity contribution in [3.63, 3.8) is 0 Å². The van der Waals surface area contributed by atoms with Crippen LogP contribution in [0.2, 0.25) is 0 Å². The van der Waals surface area contributed by atoms with Gasteiger partial charge in [0.15, 0.2) is 0 Å². The Labute approximate surface area is 98.4 Å². The van der Waals surface area contributed by atoms with E-state index in [-0.39, 0.29) is 10.8 Å². The van der Waals surface area contributed by atoms with Crippen LogP contribution in [0.5, 0.6) is 0 Å². The summed E-state index contributed by atoms with van der Waals surface area (Å²) in [5, 5.41) is 11.3. The molecular weight excluding hydrogens is 248 g/mol. The lowest BCUT2D eigenvalue weighted by Gasteiger charge is -1.97.